The Bertz CT molecular complexity index is 816. The fourth-order valence-electron chi connectivity index (χ4n) is 2.02. The van der Waals surface area contributed by atoms with Crippen LogP contribution in [0.5, 0.6) is 0 Å². The minimum atomic E-state index is -3.29. The lowest BCUT2D eigenvalue weighted by Crippen LogP contribution is -2.25. The van der Waals surface area contributed by atoms with Gasteiger partial charge in [0.1, 0.15) is 0 Å². The van der Waals surface area contributed by atoms with E-state index in [0.717, 1.165) is 17.5 Å². The molecular weight excluding hydrogens is 326 g/mol. The van der Waals surface area contributed by atoms with Gasteiger partial charge in [-0.2, -0.15) is 0 Å². The summed E-state index contributed by atoms with van der Waals surface area (Å²) >= 11 is 0. The topological polar surface area (TPSA) is 88.2 Å². The lowest BCUT2D eigenvalue weighted by Gasteiger charge is -2.11. The third kappa shape index (κ3) is 5.85. The average Bonchev–Trinajstić information content (AvgIpc) is 2.53. The number of hydrogen-bond donors (Lipinski definition) is 2. The highest BCUT2D eigenvalue weighted by Crippen LogP contribution is 2.12. The zero-order chi connectivity index (χ0) is 17.6. The van der Waals surface area contributed by atoms with E-state index in [-0.39, 0.29) is 11.9 Å². The number of pyridine rings is 1. The van der Waals surface area contributed by atoms with E-state index in [0.29, 0.717) is 5.69 Å². The maximum absolute atomic E-state index is 11.9. The molecule has 1 aromatic carbocycles. The molecule has 1 atom stereocenters. The largest absolute Gasteiger partial charge is 0.344 e. The van der Waals surface area contributed by atoms with Crippen LogP contribution in [0.4, 0.5) is 5.69 Å². The third-order valence-electron chi connectivity index (χ3n) is 3.13. The fraction of sp³-hybridized carbons (Fsp3) is 0.176. The summed E-state index contributed by atoms with van der Waals surface area (Å²) in [7, 11) is -3.29. The van der Waals surface area contributed by atoms with Gasteiger partial charge >= 0.3 is 0 Å². The minimum absolute atomic E-state index is 0.190. The number of carbonyl (C=O) groups excluding carboxylic acids is 1. The molecule has 0 aliphatic heterocycles. The zero-order valence-corrected chi connectivity index (χ0v) is 14.2. The summed E-state index contributed by atoms with van der Waals surface area (Å²) in [5.41, 5.74) is 2.05. The van der Waals surface area contributed by atoms with Crippen molar-refractivity contribution in [3.63, 3.8) is 0 Å². The van der Waals surface area contributed by atoms with Crippen LogP contribution in [-0.4, -0.2) is 25.6 Å². The van der Waals surface area contributed by atoms with Crippen LogP contribution >= 0.6 is 0 Å². The number of nitrogens with one attached hydrogen (secondary N) is 2. The molecule has 0 fully saturated rings. The minimum Gasteiger partial charge on any atom is -0.344 e. The molecule has 6 nitrogen and oxygen atoms in total. The Morgan fingerprint density at radius 1 is 1.17 bits per heavy atom. The van der Waals surface area contributed by atoms with E-state index in [9.17, 15) is 13.2 Å². The molecule has 24 heavy (non-hydrogen) atoms. The summed E-state index contributed by atoms with van der Waals surface area (Å²) in [4.78, 5) is 16.1. The highest BCUT2D eigenvalue weighted by molar-refractivity contribution is 7.92. The molecule has 126 valence electrons. The van der Waals surface area contributed by atoms with Crippen molar-refractivity contribution in [1.29, 1.82) is 0 Å². The van der Waals surface area contributed by atoms with Gasteiger partial charge in [-0.05, 0) is 42.8 Å². The number of anilines is 1. The molecule has 1 heterocycles. The van der Waals surface area contributed by atoms with Crippen LogP contribution in [-0.2, 0) is 14.8 Å². The predicted molar refractivity (Wildman–Crippen MR) is 94.7 cm³/mol. The monoisotopic (exact) mass is 345 g/mol. The molecule has 7 heteroatoms. The van der Waals surface area contributed by atoms with Crippen LogP contribution in [0.25, 0.3) is 6.08 Å². The lowest BCUT2D eigenvalue weighted by atomic mass is 10.2. The van der Waals surface area contributed by atoms with Gasteiger partial charge in [0.15, 0.2) is 0 Å². The number of amides is 1. The third-order valence-corrected chi connectivity index (χ3v) is 3.74. The second-order valence-corrected chi connectivity index (χ2v) is 7.06. The van der Waals surface area contributed by atoms with Crippen molar-refractivity contribution < 1.29 is 13.2 Å². The summed E-state index contributed by atoms with van der Waals surface area (Å²) in [5.74, 6) is -0.230. The Balaban J connectivity index is 1.94. The SMILES string of the molecule is CC(NC(=O)/C=C/c1ccc(NS(C)(=O)=O)cc1)c1ccccn1. The molecule has 1 unspecified atom stereocenters. The Kier molecular flexibility index (Phi) is 5.70. The number of rotatable bonds is 6. The van der Waals surface area contributed by atoms with Crippen LogP contribution < -0.4 is 10.0 Å². The highest BCUT2D eigenvalue weighted by Gasteiger charge is 2.07. The van der Waals surface area contributed by atoms with Gasteiger partial charge in [0.2, 0.25) is 15.9 Å². The maximum atomic E-state index is 11.9. The van der Waals surface area contributed by atoms with Gasteiger partial charge in [-0.25, -0.2) is 8.42 Å². The van der Waals surface area contributed by atoms with Crippen molar-refractivity contribution in [2.75, 3.05) is 11.0 Å². The Labute approximate surface area is 141 Å². The number of hydrogen-bond acceptors (Lipinski definition) is 4. The van der Waals surface area contributed by atoms with E-state index in [1.165, 1.54) is 6.08 Å². The van der Waals surface area contributed by atoms with E-state index in [4.69, 9.17) is 0 Å². The molecule has 0 spiro atoms. The van der Waals surface area contributed by atoms with Crippen LogP contribution in [0.3, 0.4) is 0 Å². The summed E-state index contributed by atoms with van der Waals surface area (Å²) in [6.07, 6.45) is 5.86. The van der Waals surface area contributed by atoms with Gasteiger partial charge in [0.25, 0.3) is 0 Å². The van der Waals surface area contributed by atoms with Crippen LogP contribution in [0.15, 0.2) is 54.7 Å². The van der Waals surface area contributed by atoms with E-state index < -0.39 is 10.0 Å². The number of nitrogens with zero attached hydrogens (tertiary/aromatic N) is 1. The van der Waals surface area contributed by atoms with E-state index in [1.807, 2.05) is 25.1 Å². The van der Waals surface area contributed by atoms with Crippen LogP contribution in [0, 0.1) is 0 Å². The average molecular weight is 345 g/mol. The van der Waals surface area contributed by atoms with E-state index in [2.05, 4.69) is 15.0 Å². The summed E-state index contributed by atoms with van der Waals surface area (Å²) in [5, 5.41) is 2.83. The smallest absolute Gasteiger partial charge is 0.244 e. The van der Waals surface area contributed by atoms with Gasteiger partial charge in [0, 0.05) is 18.0 Å². The van der Waals surface area contributed by atoms with Crippen molar-refractivity contribution in [3.8, 4) is 0 Å². The van der Waals surface area contributed by atoms with Crippen LogP contribution in [0.1, 0.15) is 24.2 Å². The number of sulfonamides is 1. The Hall–Kier alpha value is -2.67. The second-order valence-electron chi connectivity index (χ2n) is 5.31. The van der Waals surface area contributed by atoms with Gasteiger partial charge in [-0.15, -0.1) is 0 Å². The zero-order valence-electron chi connectivity index (χ0n) is 13.4. The van der Waals surface area contributed by atoms with Crippen molar-refractivity contribution in [3.05, 3.63) is 66.0 Å². The highest BCUT2D eigenvalue weighted by atomic mass is 32.2. The molecule has 0 aliphatic rings. The van der Waals surface area contributed by atoms with E-state index >= 15 is 0 Å². The Morgan fingerprint density at radius 3 is 2.46 bits per heavy atom. The predicted octanol–water partition coefficient (Wildman–Crippen LogP) is 2.34. The first-order valence-corrected chi connectivity index (χ1v) is 9.20. The molecular formula is C17H19N3O3S. The van der Waals surface area contributed by atoms with Crippen molar-refractivity contribution in [1.82, 2.24) is 10.3 Å². The molecule has 1 amide bonds. The van der Waals surface area contributed by atoms with Gasteiger partial charge in [-0.1, -0.05) is 18.2 Å². The van der Waals surface area contributed by atoms with Crippen molar-refractivity contribution in [2.24, 2.45) is 0 Å². The summed E-state index contributed by atoms with van der Waals surface area (Å²) in [6.45, 7) is 1.86. The molecule has 2 aromatic rings. The van der Waals surface area contributed by atoms with Crippen molar-refractivity contribution in [2.45, 2.75) is 13.0 Å². The molecule has 0 radical (unpaired) electrons. The number of carbonyl (C=O) groups is 1. The molecule has 0 saturated heterocycles. The normalized spacial score (nSPS) is 12.8. The molecule has 0 aliphatic carbocycles. The van der Waals surface area contributed by atoms with E-state index in [1.54, 1.807) is 36.5 Å². The molecule has 2 N–H and O–H groups in total. The lowest BCUT2D eigenvalue weighted by molar-refractivity contribution is -0.117. The van der Waals surface area contributed by atoms with Gasteiger partial charge < -0.3 is 5.32 Å². The van der Waals surface area contributed by atoms with Gasteiger partial charge in [0.05, 0.1) is 18.0 Å². The summed E-state index contributed by atoms with van der Waals surface area (Å²) in [6, 6.07) is 12.1. The fourth-order valence-corrected chi connectivity index (χ4v) is 2.58. The van der Waals surface area contributed by atoms with Crippen LogP contribution in [0.2, 0.25) is 0 Å². The summed E-state index contributed by atoms with van der Waals surface area (Å²) < 4.78 is 24.7. The maximum Gasteiger partial charge on any atom is 0.244 e. The molecule has 0 bridgehead atoms. The van der Waals surface area contributed by atoms with Crippen molar-refractivity contribution >= 4 is 27.7 Å². The van der Waals surface area contributed by atoms with Gasteiger partial charge in [-0.3, -0.25) is 14.5 Å². The first kappa shape index (κ1) is 17.7. The first-order chi connectivity index (χ1) is 11.3. The number of aromatic nitrogens is 1. The Morgan fingerprint density at radius 2 is 1.88 bits per heavy atom. The molecule has 1 aromatic heterocycles. The standard InChI is InChI=1S/C17H19N3O3S/c1-13(16-5-3-4-12-18-16)19-17(21)11-8-14-6-9-15(10-7-14)20-24(2,22)23/h3-13,20H,1-2H3,(H,19,21)/b11-8+. The molecule has 0 saturated carbocycles. The first-order valence-electron chi connectivity index (χ1n) is 7.31. The second kappa shape index (κ2) is 7.74. The molecule has 2 rings (SSSR count). The number of benzene rings is 1. The quantitative estimate of drug-likeness (QED) is 0.787.